The van der Waals surface area contributed by atoms with Gasteiger partial charge < -0.3 is 28.6 Å². The van der Waals surface area contributed by atoms with Gasteiger partial charge in [0.05, 0.1) is 14.2 Å². The van der Waals surface area contributed by atoms with Crippen molar-refractivity contribution in [2.24, 2.45) is 0 Å². The number of methoxy groups -OCH3 is 2. The predicted octanol–water partition coefficient (Wildman–Crippen LogP) is 6.01. The molecule has 212 valence electrons. The van der Waals surface area contributed by atoms with E-state index in [9.17, 15) is 4.79 Å². The minimum Gasteiger partial charge on any atom is -0.497 e. The van der Waals surface area contributed by atoms with Crippen molar-refractivity contribution in [3.05, 3.63) is 83.4 Å². The molecule has 0 radical (unpaired) electrons. The van der Waals surface area contributed by atoms with Gasteiger partial charge in [0, 0.05) is 32.2 Å². The van der Waals surface area contributed by atoms with Gasteiger partial charge in [0.1, 0.15) is 18.1 Å². The number of benzene rings is 3. The molecule has 0 spiro atoms. The molecule has 2 heterocycles. The Morgan fingerprint density at radius 2 is 1.57 bits per heavy atom. The fourth-order valence-corrected chi connectivity index (χ4v) is 5.50. The van der Waals surface area contributed by atoms with Crippen LogP contribution in [-0.2, 0) is 11.3 Å². The van der Waals surface area contributed by atoms with Crippen LogP contribution in [0.25, 0.3) is 0 Å². The second-order valence-electron chi connectivity index (χ2n) is 10.2. The third-order valence-electron chi connectivity index (χ3n) is 7.70. The van der Waals surface area contributed by atoms with Crippen LogP contribution in [0.1, 0.15) is 48.4 Å². The van der Waals surface area contributed by atoms with Crippen LogP contribution in [0.4, 0.5) is 4.79 Å². The van der Waals surface area contributed by atoms with E-state index in [1.807, 2.05) is 47.4 Å². The van der Waals surface area contributed by atoms with Crippen molar-refractivity contribution in [3.63, 3.8) is 0 Å². The molecular weight excluding hydrogens is 508 g/mol. The Hall–Kier alpha value is -3.91. The Balaban J connectivity index is 1.27. The molecule has 1 amide bonds. The number of carbonyl (C=O) groups excluding carboxylic acids is 1. The van der Waals surface area contributed by atoms with Crippen LogP contribution in [0, 0.1) is 0 Å². The number of fused-ring (bicyclic) bond motifs is 1. The summed E-state index contributed by atoms with van der Waals surface area (Å²) >= 11 is 0. The van der Waals surface area contributed by atoms with E-state index in [-0.39, 0.29) is 25.5 Å². The Morgan fingerprint density at radius 3 is 2.27 bits per heavy atom. The predicted molar refractivity (Wildman–Crippen MR) is 152 cm³/mol. The topological polar surface area (TPSA) is 69.7 Å². The summed E-state index contributed by atoms with van der Waals surface area (Å²) in [7, 11) is 3.32. The van der Waals surface area contributed by atoms with Gasteiger partial charge in [0.2, 0.25) is 6.79 Å². The fourth-order valence-electron chi connectivity index (χ4n) is 5.50. The van der Waals surface area contributed by atoms with Gasteiger partial charge in [-0.3, -0.25) is 4.90 Å². The van der Waals surface area contributed by atoms with Gasteiger partial charge in [-0.1, -0.05) is 37.3 Å². The molecule has 1 saturated heterocycles. The van der Waals surface area contributed by atoms with E-state index in [4.69, 9.17) is 23.7 Å². The molecule has 40 heavy (non-hydrogen) atoms. The molecule has 8 heteroatoms. The van der Waals surface area contributed by atoms with Crippen LogP contribution in [0.3, 0.4) is 0 Å². The second-order valence-corrected chi connectivity index (χ2v) is 10.2. The standard InChI is InChI=1S/C32H38N2O6/c1-4-15-33(32(35)38-21-23-5-10-27(36-2)11-6-23)16-17-34-20-26(25-9-14-30-31(19-25)40-22-39-30)18-29(34)24-7-12-28(37-3)13-8-24/h5-14,19,26,29H,4,15-18,20-22H2,1-3H3/t26-,29+/m1/s1. The van der Waals surface area contributed by atoms with Crippen LogP contribution in [0.5, 0.6) is 23.0 Å². The summed E-state index contributed by atoms with van der Waals surface area (Å²) < 4.78 is 27.5. The lowest BCUT2D eigenvalue weighted by Gasteiger charge is -2.28. The van der Waals surface area contributed by atoms with Crippen LogP contribution >= 0.6 is 0 Å². The Bertz CT molecular complexity index is 1260. The third-order valence-corrected chi connectivity index (χ3v) is 7.70. The molecular formula is C32H38N2O6. The summed E-state index contributed by atoms with van der Waals surface area (Å²) in [6.45, 7) is 5.45. The highest BCUT2D eigenvalue weighted by molar-refractivity contribution is 5.67. The fraction of sp³-hybridized carbons (Fsp3) is 0.406. The van der Waals surface area contributed by atoms with E-state index < -0.39 is 0 Å². The zero-order valence-corrected chi connectivity index (χ0v) is 23.5. The summed E-state index contributed by atoms with van der Waals surface area (Å²) in [6.07, 6.45) is 1.55. The first-order chi connectivity index (χ1) is 19.6. The number of ether oxygens (including phenoxy) is 5. The molecule has 1 fully saturated rings. The molecule has 5 rings (SSSR count). The Kier molecular flexibility index (Phi) is 8.96. The molecule has 0 aliphatic carbocycles. The van der Waals surface area contributed by atoms with Crippen molar-refractivity contribution in [1.82, 2.24) is 9.80 Å². The molecule has 3 aromatic rings. The maximum absolute atomic E-state index is 13.1. The summed E-state index contributed by atoms with van der Waals surface area (Å²) in [5.74, 6) is 3.57. The summed E-state index contributed by atoms with van der Waals surface area (Å²) in [5.41, 5.74) is 3.42. The molecule has 8 nitrogen and oxygen atoms in total. The van der Waals surface area contributed by atoms with Crippen molar-refractivity contribution in [2.45, 2.75) is 38.3 Å². The van der Waals surface area contributed by atoms with E-state index in [0.717, 1.165) is 54.5 Å². The molecule has 0 saturated carbocycles. The lowest BCUT2D eigenvalue weighted by molar-refractivity contribution is 0.0903. The first-order valence-corrected chi connectivity index (χ1v) is 13.9. The number of likely N-dealkylation sites (tertiary alicyclic amines) is 1. The monoisotopic (exact) mass is 546 g/mol. The average Bonchev–Trinajstić information content (AvgIpc) is 3.65. The van der Waals surface area contributed by atoms with Gasteiger partial charge in [-0.2, -0.15) is 0 Å². The van der Waals surface area contributed by atoms with Gasteiger partial charge in [0.25, 0.3) is 0 Å². The SMILES string of the molecule is CCCN(CCN1C[C@H](c2ccc3c(c2)OCO3)C[C@H]1c1ccc(OC)cc1)C(=O)OCc1ccc(OC)cc1. The highest BCUT2D eigenvalue weighted by atomic mass is 16.7. The number of carbonyl (C=O) groups is 1. The van der Waals surface area contributed by atoms with Crippen molar-refractivity contribution < 1.29 is 28.5 Å². The van der Waals surface area contributed by atoms with E-state index in [1.165, 1.54) is 11.1 Å². The third kappa shape index (κ3) is 6.45. The van der Waals surface area contributed by atoms with Crippen molar-refractivity contribution in [3.8, 4) is 23.0 Å². The number of rotatable bonds is 11. The molecule has 2 aliphatic rings. The number of amides is 1. The highest BCUT2D eigenvalue weighted by Crippen LogP contribution is 2.43. The van der Waals surface area contributed by atoms with E-state index in [1.54, 1.807) is 14.2 Å². The molecule has 2 aliphatic heterocycles. The van der Waals surface area contributed by atoms with Crippen LogP contribution in [-0.4, -0.2) is 63.1 Å². The molecule has 0 aromatic heterocycles. The quantitative estimate of drug-likeness (QED) is 0.292. The summed E-state index contributed by atoms with van der Waals surface area (Å²) in [6, 6.07) is 22.4. The zero-order chi connectivity index (χ0) is 27.9. The first-order valence-electron chi connectivity index (χ1n) is 13.9. The molecule has 0 N–H and O–H groups in total. The van der Waals surface area contributed by atoms with Gasteiger partial charge in [-0.25, -0.2) is 4.79 Å². The van der Waals surface area contributed by atoms with Gasteiger partial charge in [-0.05, 0) is 71.8 Å². The Labute approximate surface area is 236 Å². The second kappa shape index (κ2) is 13.0. The Morgan fingerprint density at radius 1 is 0.900 bits per heavy atom. The van der Waals surface area contributed by atoms with Gasteiger partial charge in [-0.15, -0.1) is 0 Å². The van der Waals surface area contributed by atoms with E-state index in [2.05, 4.69) is 36.1 Å². The molecule has 0 bridgehead atoms. The number of nitrogens with zero attached hydrogens (tertiary/aromatic N) is 2. The summed E-state index contributed by atoms with van der Waals surface area (Å²) in [5, 5.41) is 0. The lowest BCUT2D eigenvalue weighted by Crippen LogP contribution is -2.39. The highest BCUT2D eigenvalue weighted by Gasteiger charge is 2.35. The lowest BCUT2D eigenvalue weighted by atomic mass is 9.93. The van der Waals surface area contributed by atoms with Crippen molar-refractivity contribution in [1.29, 1.82) is 0 Å². The maximum atomic E-state index is 13.1. The van der Waals surface area contributed by atoms with Crippen molar-refractivity contribution in [2.75, 3.05) is 47.2 Å². The summed E-state index contributed by atoms with van der Waals surface area (Å²) in [4.78, 5) is 17.4. The average molecular weight is 547 g/mol. The first kappa shape index (κ1) is 27.6. The smallest absolute Gasteiger partial charge is 0.410 e. The van der Waals surface area contributed by atoms with Gasteiger partial charge >= 0.3 is 6.09 Å². The van der Waals surface area contributed by atoms with Gasteiger partial charge in [0.15, 0.2) is 11.5 Å². The number of hydrogen-bond acceptors (Lipinski definition) is 7. The number of hydrogen-bond donors (Lipinski definition) is 0. The van der Waals surface area contributed by atoms with Crippen LogP contribution in [0.2, 0.25) is 0 Å². The minimum absolute atomic E-state index is 0.222. The van der Waals surface area contributed by atoms with Crippen LogP contribution < -0.4 is 18.9 Å². The molecule has 0 unspecified atom stereocenters. The van der Waals surface area contributed by atoms with E-state index >= 15 is 0 Å². The van der Waals surface area contributed by atoms with Crippen LogP contribution in [0.15, 0.2) is 66.7 Å². The minimum atomic E-state index is -0.287. The molecule has 2 atom stereocenters. The van der Waals surface area contributed by atoms with E-state index in [0.29, 0.717) is 19.0 Å². The molecule has 3 aromatic carbocycles. The largest absolute Gasteiger partial charge is 0.497 e. The maximum Gasteiger partial charge on any atom is 0.410 e. The normalized spacial score (nSPS) is 18.0. The van der Waals surface area contributed by atoms with Crippen molar-refractivity contribution >= 4 is 6.09 Å². The zero-order valence-electron chi connectivity index (χ0n) is 23.5.